The van der Waals surface area contributed by atoms with Crippen LogP contribution in [-0.2, 0) is 7.05 Å². The molecule has 2 aromatic heterocycles. The van der Waals surface area contributed by atoms with Gasteiger partial charge in [0, 0.05) is 19.4 Å². The van der Waals surface area contributed by atoms with E-state index in [-0.39, 0.29) is 0 Å². The highest BCUT2D eigenvalue weighted by Gasteiger charge is 1.99. The lowest BCUT2D eigenvalue weighted by molar-refractivity contribution is 0.769. The molecule has 0 atom stereocenters. The van der Waals surface area contributed by atoms with Gasteiger partial charge in [-0.05, 0) is 24.4 Å². The lowest BCUT2D eigenvalue weighted by Crippen LogP contribution is -1.90. The van der Waals surface area contributed by atoms with Crippen LogP contribution in [0.1, 0.15) is 0 Å². The van der Waals surface area contributed by atoms with Crippen molar-refractivity contribution in [1.82, 2.24) is 19.7 Å². The molecular weight excluding hydrogens is 184 g/mol. The van der Waals surface area contributed by atoms with Crippen molar-refractivity contribution in [2.75, 3.05) is 0 Å². The number of hydrogen-bond donors (Lipinski definition) is 1. The van der Waals surface area contributed by atoms with Gasteiger partial charge in [-0.25, -0.2) is 4.98 Å². The van der Waals surface area contributed by atoms with Gasteiger partial charge in [0.05, 0.1) is 5.69 Å². The van der Waals surface area contributed by atoms with Crippen molar-refractivity contribution in [2.24, 2.45) is 7.05 Å². The van der Waals surface area contributed by atoms with Gasteiger partial charge in [-0.15, -0.1) is 0 Å². The van der Waals surface area contributed by atoms with Gasteiger partial charge < -0.3 is 4.98 Å². The quantitative estimate of drug-likeness (QED) is 0.697. The first-order valence-corrected chi connectivity index (χ1v) is 4.22. The molecule has 0 aliphatic heterocycles. The van der Waals surface area contributed by atoms with Crippen LogP contribution >= 0.6 is 12.2 Å². The summed E-state index contributed by atoms with van der Waals surface area (Å²) in [5, 5.41) is 4.23. The highest BCUT2D eigenvalue weighted by Crippen LogP contribution is 2.11. The third-order valence-corrected chi connectivity index (χ3v) is 1.87. The zero-order valence-electron chi connectivity index (χ0n) is 7.06. The lowest BCUT2D eigenvalue weighted by Gasteiger charge is -1.94. The summed E-state index contributed by atoms with van der Waals surface area (Å²) in [5.74, 6) is 0. The average Bonchev–Trinajstić information content (AvgIpc) is 2.52. The molecule has 0 aliphatic carbocycles. The van der Waals surface area contributed by atoms with Gasteiger partial charge in [0.2, 0.25) is 0 Å². The number of aromatic nitrogens is 4. The third-order valence-electron chi connectivity index (χ3n) is 1.66. The third kappa shape index (κ3) is 1.65. The SMILES string of the molecule is Cn1ccc(-c2ccnc(=S)[nH]2)n1. The van der Waals surface area contributed by atoms with Gasteiger partial charge in [0.1, 0.15) is 5.69 Å². The molecule has 0 saturated carbocycles. The second-order valence-electron chi connectivity index (χ2n) is 2.66. The van der Waals surface area contributed by atoms with Crippen LogP contribution in [0.25, 0.3) is 11.4 Å². The minimum atomic E-state index is 0.475. The molecule has 0 unspecified atom stereocenters. The monoisotopic (exact) mass is 192 g/mol. The van der Waals surface area contributed by atoms with E-state index in [1.54, 1.807) is 10.9 Å². The lowest BCUT2D eigenvalue weighted by atomic mass is 10.3. The van der Waals surface area contributed by atoms with E-state index in [2.05, 4.69) is 15.1 Å². The highest BCUT2D eigenvalue weighted by molar-refractivity contribution is 7.71. The Morgan fingerprint density at radius 3 is 2.92 bits per heavy atom. The minimum absolute atomic E-state index is 0.475. The molecule has 0 aromatic carbocycles. The molecule has 2 rings (SSSR count). The predicted molar refractivity (Wildman–Crippen MR) is 51.6 cm³/mol. The fraction of sp³-hybridized carbons (Fsp3) is 0.125. The fourth-order valence-electron chi connectivity index (χ4n) is 1.08. The minimum Gasteiger partial charge on any atom is -0.329 e. The largest absolute Gasteiger partial charge is 0.329 e. The summed E-state index contributed by atoms with van der Waals surface area (Å²) >= 11 is 4.91. The van der Waals surface area contributed by atoms with Gasteiger partial charge in [-0.2, -0.15) is 5.10 Å². The molecule has 0 aliphatic rings. The molecule has 0 radical (unpaired) electrons. The van der Waals surface area contributed by atoms with Gasteiger partial charge in [-0.1, -0.05) is 0 Å². The van der Waals surface area contributed by atoms with Gasteiger partial charge in [-0.3, -0.25) is 4.68 Å². The molecule has 2 heterocycles. The summed E-state index contributed by atoms with van der Waals surface area (Å²) in [6.45, 7) is 0. The Kier molecular flexibility index (Phi) is 1.94. The normalized spacial score (nSPS) is 10.2. The van der Waals surface area contributed by atoms with E-state index in [1.165, 1.54) is 0 Å². The van der Waals surface area contributed by atoms with Crippen molar-refractivity contribution in [2.45, 2.75) is 0 Å². The van der Waals surface area contributed by atoms with Crippen LogP contribution in [0.4, 0.5) is 0 Å². The first-order chi connectivity index (χ1) is 6.25. The van der Waals surface area contributed by atoms with Crippen LogP contribution < -0.4 is 0 Å². The Hall–Kier alpha value is -1.49. The summed E-state index contributed by atoms with van der Waals surface area (Å²) in [7, 11) is 1.87. The van der Waals surface area contributed by atoms with Crippen molar-refractivity contribution < 1.29 is 0 Å². The Labute approximate surface area is 80.3 Å². The number of rotatable bonds is 1. The summed E-state index contributed by atoms with van der Waals surface area (Å²) in [6.07, 6.45) is 3.55. The van der Waals surface area contributed by atoms with Gasteiger partial charge >= 0.3 is 0 Å². The van der Waals surface area contributed by atoms with E-state index in [0.29, 0.717) is 4.77 Å². The van der Waals surface area contributed by atoms with Gasteiger partial charge in [0.25, 0.3) is 0 Å². The van der Waals surface area contributed by atoms with E-state index in [0.717, 1.165) is 11.4 Å². The zero-order chi connectivity index (χ0) is 9.26. The molecule has 0 spiro atoms. The van der Waals surface area contributed by atoms with Crippen LogP contribution in [0.5, 0.6) is 0 Å². The molecule has 0 fully saturated rings. The smallest absolute Gasteiger partial charge is 0.197 e. The first-order valence-electron chi connectivity index (χ1n) is 3.81. The molecule has 2 aromatic rings. The van der Waals surface area contributed by atoms with Crippen molar-refractivity contribution in [3.05, 3.63) is 29.3 Å². The van der Waals surface area contributed by atoms with Crippen LogP contribution in [-0.4, -0.2) is 19.7 Å². The Bertz CT molecular complexity index is 471. The number of nitrogens with one attached hydrogen (secondary N) is 1. The van der Waals surface area contributed by atoms with Crippen LogP contribution in [0.2, 0.25) is 0 Å². The molecule has 5 heteroatoms. The second-order valence-corrected chi connectivity index (χ2v) is 3.05. The molecule has 66 valence electrons. The summed E-state index contributed by atoms with van der Waals surface area (Å²) in [4.78, 5) is 6.86. The van der Waals surface area contributed by atoms with E-state index in [1.807, 2.05) is 25.4 Å². The van der Waals surface area contributed by atoms with E-state index in [4.69, 9.17) is 12.2 Å². The Balaban J connectivity index is 2.52. The summed E-state index contributed by atoms with van der Waals surface area (Å²) in [5.41, 5.74) is 1.76. The standard InChI is InChI=1S/C8H8N4S/c1-12-5-3-7(11-12)6-2-4-9-8(13)10-6/h2-5H,1H3,(H,9,10,13). The number of aromatic amines is 1. The maximum Gasteiger partial charge on any atom is 0.197 e. The van der Waals surface area contributed by atoms with Crippen LogP contribution in [0.3, 0.4) is 0 Å². The molecule has 0 amide bonds. The number of hydrogen-bond acceptors (Lipinski definition) is 3. The van der Waals surface area contributed by atoms with E-state index >= 15 is 0 Å². The van der Waals surface area contributed by atoms with Crippen molar-refractivity contribution in [3.63, 3.8) is 0 Å². The van der Waals surface area contributed by atoms with Crippen molar-refractivity contribution in [3.8, 4) is 11.4 Å². The molecular formula is C8H8N4S. The zero-order valence-corrected chi connectivity index (χ0v) is 7.88. The Morgan fingerprint density at radius 2 is 2.31 bits per heavy atom. The molecule has 0 saturated heterocycles. The van der Waals surface area contributed by atoms with Crippen LogP contribution in [0, 0.1) is 4.77 Å². The van der Waals surface area contributed by atoms with Crippen molar-refractivity contribution in [1.29, 1.82) is 0 Å². The highest BCUT2D eigenvalue weighted by atomic mass is 32.1. The topological polar surface area (TPSA) is 46.5 Å². The van der Waals surface area contributed by atoms with E-state index in [9.17, 15) is 0 Å². The maximum absolute atomic E-state index is 4.91. The number of nitrogens with zero attached hydrogens (tertiary/aromatic N) is 3. The second kappa shape index (κ2) is 3.10. The summed E-state index contributed by atoms with van der Waals surface area (Å²) < 4.78 is 2.22. The number of aryl methyl sites for hydroxylation is 1. The molecule has 0 bridgehead atoms. The predicted octanol–water partition coefficient (Wildman–Crippen LogP) is 1.54. The molecule has 1 N–H and O–H groups in total. The maximum atomic E-state index is 4.91. The van der Waals surface area contributed by atoms with Crippen LogP contribution in [0.15, 0.2) is 24.5 Å². The fourth-order valence-corrected chi connectivity index (χ4v) is 1.25. The molecule has 13 heavy (non-hydrogen) atoms. The average molecular weight is 192 g/mol. The molecule has 4 nitrogen and oxygen atoms in total. The number of H-pyrrole nitrogens is 1. The first kappa shape index (κ1) is 8.12. The Morgan fingerprint density at radius 1 is 1.46 bits per heavy atom. The summed E-state index contributed by atoms with van der Waals surface area (Å²) in [6, 6.07) is 3.76. The van der Waals surface area contributed by atoms with Gasteiger partial charge in [0.15, 0.2) is 4.77 Å². The van der Waals surface area contributed by atoms with E-state index < -0.39 is 0 Å². The van der Waals surface area contributed by atoms with Crippen molar-refractivity contribution >= 4 is 12.2 Å².